The minimum atomic E-state index is -0.578. The van der Waals surface area contributed by atoms with E-state index in [-0.39, 0.29) is 18.6 Å². The zero-order chi connectivity index (χ0) is 9.68. The van der Waals surface area contributed by atoms with E-state index in [1.165, 1.54) is 7.11 Å². The maximum atomic E-state index is 11.3. The lowest BCUT2D eigenvalue weighted by atomic mass is 10.2. The lowest BCUT2D eigenvalue weighted by Crippen LogP contribution is -2.47. The van der Waals surface area contributed by atoms with Crippen LogP contribution in [0.25, 0.3) is 0 Å². The highest BCUT2D eigenvalue weighted by molar-refractivity contribution is 5.81. The molecule has 5 nitrogen and oxygen atoms in total. The van der Waals surface area contributed by atoms with Gasteiger partial charge < -0.3 is 20.5 Å². The number of ether oxygens (including phenoxy) is 2. The van der Waals surface area contributed by atoms with Crippen molar-refractivity contribution in [2.75, 3.05) is 26.9 Å². The van der Waals surface area contributed by atoms with Gasteiger partial charge in [0.2, 0.25) is 5.91 Å². The quantitative estimate of drug-likeness (QED) is 0.585. The van der Waals surface area contributed by atoms with Crippen LogP contribution < -0.4 is 11.1 Å². The van der Waals surface area contributed by atoms with Gasteiger partial charge in [0.1, 0.15) is 6.04 Å². The summed E-state index contributed by atoms with van der Waals surface area (Å²) in [6.07, 6.45) is 0.867. The third-order valence-electron chi connectivity index (χ3n) is 1.96. The topological polar surface area (TPSA) is 73.6 Å². The molecule has 3 N–H and O–H groups in total. The predicted molar refractivity (Wildman–Crippen MR) is 47.2 cm³/mol. The summed E-state index contributed by atoms with van der Waals surface area (Å²) in [5, 5.41) is 2.79. The summed E-state index contributed by atoms with van der Waals surface area (Å²) in [6.45, 7) is 1.55. The lowest BCUT2D eigenvalue weighted by molar-refractivity contribution is -0.124. The Labute approximate surface area is 77.6 Å². The van der Waals surface area contributed by atoms with Crippen molar-refractivity contribution in [2.45, 2.75) is 18.5 Å². The first-order chi connectivity index (χ1) is 6.24. The molecular weight excluding hydrogens is 172 g/mol. The number of carbonyl (C=O) groups is 1. The molecule has 1 fully saturated rings. The SMILES string of the molecule is COCC(N)C(=O)NC1CCOC1. The van der Waals surface area contributed by atoms with Gasteiger partial charge in [-0.25, -0.2) is 0 Å². The van der Waals surface area contributed by atoms with E-state index in [0.717, 1.165) is 6.42 Å². The van der Waals surface area contributed by atoms with Crippen LogP contribution in [0.3, 0.4) is 0 Å². The zero-order valence-corrected chi connectivity index (χ0v) is 7.79. The van der Waals surface area contributed by atoms with Crippen molar-refractivity contribution < 1.29 is 14.3 Å². The number of methoxy groups -OCH3 is 1. The fraction of sp³-hybridized carbons (Fsp3) is 0.875. The predicted octanol–water partition coefficient (Wildman–Crippen LogP) is -1.13. The Bertz CT molecular complexity index is 169. The summed E-state index contributed by atoms with van der Waals surface area (Å²) in [5.74, 6) is -0.169. The van der Waals surface area contributed by atoms with E-state index in [9.17, 15) is 4.79 Å². The summed E-state index contributed by atoms with van der Waals surface area (Å²) in [5.41, 5.74) is 5.53. The van der Waals surface area contributed by atoms with Crippen molar-refractivity contribution in [3.8, 4) is 0 Å². The molecule has 0 spiro atoms. The summed E-state index contributed by atoms with van der Waals surface area (Å²) in [4.78, 5) is 11.3. The number of carbonyl (C=O) groups excluding carboxylic acids is 1. The van der Waals surface area contributed by atoms with Gasteiger partial charge in [-0.2, -0.15) is 0 Å². The molecule has 1 rings (SSSR count). The van der Waals surface area contributed by atoms with Crippen LogP contribution in [0.5, 0.6) is 0 Å². The average Bonchev–Trinajstić information content (AvgIpc) is 2.57. The van der Waals surface area contributed by atoms with Gasteiger partial charge in [-0.1, -0.05) is 0 Å². The monoisotopic (exact) mass is 188 g/mol. The van der Waals surface area contributed by atoms with Gasteiger partial charge in [-0.3, -0.25) is 4.79 Å². The van der Waals surface area contributed by atoms with Crippen molar-refractivity contribution in [1.29, 1.82) is 0 Å². The first-order valence-electron chi connectivity index (χ1n) is 4.36. The standard InChI is InChI=1S/C8H16N2O3/c1-12-5-7(9)8(11)10-6-2-3-13-4-6/h6-7H,2-5,9H2,1H3,(H,10,11). The lowest BCUT2D eigenvalue weighted by Gasteiger charge is -2.14. The molecule has 1 aliphatic rings. The smallest absolute Gasteiger partial charge is 0.239 e. The van der Waals surface area contributed by atoms with Crippen LogP contribution in [-0.2, 0) is 14.3 Å². The molecule has 13 heavy (non-hydrogen) atoms. The Morgan fingerprint density at radius 2 is 2.62 bits per heavy atom. The Morgan fingerprint density at radius 3 is 3.15 bits per heavy atom. The zero-order valence-electron chi connectivity index (χ0n) is 7.79. The largest absolute Gasteiger partial charge is 0.383 e. The highest BCUT2D eigenvalue weighted by atomic mass is 16.5. The van der Waals surface area contributed by atoms with Crippen LogP contribution in [0.1, 0.15) is 6.42 Å². The number of rotatable bonds is 4. The molecular formula is C8H16N2O3. The molecule has 0 aromatic heterocycles. The van der Waals surface area contributed by atoms with Crippen LogP contribution >= 0.6 is 0 Å². The molecule has 1 aliphatic heterocycles. The van der Waals surface area contributed by atoms with Crippen LogP contribution in [0.2, 0.25) is 0 Å². The summed E-state index contributed by atoms with van der Waals surface area (Å²) < 4.78 is 9.88. The minimum Gasteiger partial charge on any atom is -0.383 e. The number of hydrogen-bond donors (Lipinski definition) is 2. The van der Waals surface area contributed by atoms with Crippen molar-refractivity contribution >= 4 is 5.91 Å². The second-order valence-electron chi connectivity index (χ2n) is 3.13. The summed E-state index contributed by atoms with van der Waals surface area (Å²) >= 11 is 0. The van der Waals surface area contributed by atoms with Crippen LogP contribution in [0, 0.1) is 0 Å². The molecule has 0 aromatic rings. The maximum Gasteiger partial charge on any atom is 0.239 e. The Morgan fingerprint density at radius 1 is 1.85 bits per heavy atom. The number of amides is 1. The van der Waals surface area contributed by atoms with Gasteiger partial charge in [0, 0.05) is 13.7 Å². The van der Waals surface area contributed by atoms with Crippen molar-refractivity contribution in [3.63, 3.8) is 0 Å². The summed E-state index contributed by atoms with van der Waals surface area (Å²) in [6, 6.07) is -0.457. The molecule has 1 saturated heterocycles. The first-order valence-corrected chi connectivity index (χ1v) is 4.36. The second-order valence-corrected chi connectivity index (χ2v) is 3.13. The van der Waals surface area contributed by atoms with Crippen molar-refractivity contribution in [2.24, 2.45) is 5.73 Å². The molecule has 2 unspecified atom stereocenters. The molecule has 2 atom stereocenters. The van der Waals surface area contributed by atoms with Gasteiger partial charge in [0.15, 0.2) is 0 Å². The van der Waals surface area contributed by atoms with Crippen LogP contribution in [0.15, 0.2) is 0 Å². The first kappa shape index (κ1) is 10.4. The van der Waals surface area contributed by atoms with E-state index in [4.69, 9.17) is 15.2 Å². The van der Waals surface area contributed by atoms with Gasteiger partial charge in [-0.15, -0.1) is 0 Å². The molecule has 1 amide bonds. The van der Waals surface area contributed by atoms with E-state index < -0.39 is 6.04 Å². The van der Waals surface area contributed by atoms with Crippen molar-refractivity contribution in [3.05, 3.63) is 0 Å². The van der Waals surface area contributed by atoms with E-state index in [0.29, 0.717) is 13.2 Å². The Balaban J connectivity index is 2.22. The molecule has 0 bridgehead atoms. The molecule has 0 saturated carbocycles. The van der Waals surface area contributed by atoms with E-state index in [1.54, 1.807) is 0 Å². The normalized spacial score (nSPS) is 24.3. The molecule has 76 valence electrons. The fourth-order valence-electron chi connectivity index (χ4n) is 1.21. The summed E-state index contributed by atoms with van der Waals surface area (Å²) in [7, 11) is 1.52. The molecule has 1 heterocycles. The second kappa shape index (κ2) is 5.16. The van der Waals surface area contributed by atoms with Crippen LogP contribution in [0.4, 0.5) is 0 Å². The molecule has 0 aromatic carbocycles. The van der Waals surface area contributed by atoms with E-state index in [1.807, 2.05) is 0 Å². The third-order valence-corrected chi connectivity index (χ3v) is 1.96. The van der Waals surface area contributed by atoms with Gasteiger partial charge in [-0.05, 0) is 6.42 Å². The average molecular weight is 188 g/mol. The van der Waals surface area contributed by atoms with Crippen molar-refractivity contribution in [1.82, 2.24) is 5.32 Å². The third kappa shape index (κ3) is 3.30. The van der Waals surface area contributed by atoms with E-state index in [2.05, 4.69) is 5.32 Å². The molecule has 5 heteroatoms. The Kier molecular flexibility index (Phi) is 4.14. The number of hydrogen-bond acceptors (Lipinski definition) is 4. The highest BCUT2D eigenvalue weighted by Gasteiger charge is 2.20. The molecule has 0 radical (unpaired) electrons. The van der Waals surface area contributed by atoms with Gasteiger partial charge in [0.05, 0.1) is 19.3 Å². The van der Waals surface area contributed by atoms with E-state index >= 15 is 0 Å². The number of nitrogens with two attached hydrogens (primary N) is 1. The highest BCUT2D eigenvalue weighted by Crippen LogP contribution is 2.02. The maximum absolute atomic E-state index is 11.3. The minimum absolute atomic E-state index is 0.121. The Hall–Kier alpha value is -0.650. The van der Waals surface area contributed by atoms with Crippen LogP contribution in [-0.4, -0.2) is 44.9 Å². The van der Waals surface area contributed by atoms with Gasteiger partial charge >= 0.3 is 0 Å². The molecule has 0 aliphatic carbocycles. The fourth-order valence-corrected chi connectivity index (χ4v) is 1.21. The van der Waals surface area contributed by atoms with Gasteiger partial charge in [0.25, 0.3) is 0 Å². The number of nitrogens with one attached hydrogen (secondary N) is 1.